The third kappa shape index (κ3) is 6.26. The van der Waals surface area contributed by atoms with E-state index in [4.69, 9.17) is 14.6 Å². The second kappa shape index (κ2) is 11.8. The van der Waals surface area contributed by atoms with Gasteiger partial charge in [-0.3, -0.25) is 4.79 Å². The lowest BCUT2D eigenvalue weighted by atomic mass is 9.98. The molecule has 0 aliphatic carbocycles. The number of carbonyl (C=O) groups excluding carboxylic acids is 1. The third-order valence-electron chi connectivity index (χ3n) is 5.79. The summed E-state index contributed by atoms with van der Waals surface area (Å²) < 4.78 is 12.0. The highest BCUT2D eigenvalue weighted by molar-refractivity contribution is 5.87. The monoisotopic (exact) mass is 474 g/mol. The normalized spacial score (nSPS) is 12.2. The number of carbonyl (C=O) groups is 2. The van der Waals surface area contributed by atoms with Crippen molar-refractivity contribution in [2.24, 2.45) is 0 Å². The summed E-state index contributed by atoms with van der Waals surface area (Å²) in [5, 5.41) is 11.0. The first-order chi connectivity index (χ1) is 16.8. The van der Waals surface area contributed by atoms with Crippen LogP contribution in [0.1, 0.15) is 54.3 Å². The van der Waals surface area contributed by atoms with Crippen LogP contribution in [0.25, 0.3) is 10.8 Å². The van der Waals surface area contributed by atoms with Gasteiger partial charge in [0.25, 0.3) is 0 Å². The molecule has 1 N–H and O–H groups in total. The number of rotatable bonds is 7. The van der Waals surface area contributed by atoms with E-state index in [-0.39, 0.29) is 12.0 Å². The van der Waals surface area contributed by atoms with Crippen LogP contribution in [0, 0.1) is 0 Å². The fourth-order valence-electron chi connectivity index (χ4n) is 3.65. The molecule has 35 heavy (non-hydrogen) atoms. The summed E-state index contributed by atoms with van der Waals surface area (Å²) in [7, 11) is 1.63. The zero-order valence-electron chi connectivity index (χ0n) is 20.3. The number of fused-ring (bicyclic) bond motifs is 1. The average molecular weight is 475 g/mol. The maximum atomic E-state index is 11.8. The predicted molar refractivity (Wildman–Crippen MR) is 135 cm³/mol. The molecular weight excluding hydrogens is 444 g/mol. The molecule has 182 valence electrons. The fourth-order valence-corrected chi connectivity index (χ4v) is 3.65. The Balaban J connectivity index is 0.000000196. The molecule has 7 heteroatoms. The molecule has 4 rings (SSSR count). The van der Waals surface area contributed by atoms with Crippen LogP contribution in [0.5, 0.6) is 5.75 Å². The van der Waals surface area contributed by atoms with Gasteiger partial charge in [0.1, 0.15) is 11.4 Å². The fraction of sp³-hybridized carbons (Fsp3) is 0.250. The molecule has 0 saturated heterocycles. The predicted octanol–water partition coefficient (Wildman–Crippen LogP) is 5.71. The van der Waals surface area contributed by atoms with E-state index in [0.29, 0.717) is 12.3 Å². The van der Waals surface area contributed by atoms with E-state index in [2.05, 4.69) is 4.98 Å². The van der Waals surface area contributed by atoms with E-state index in [0.717, 1.165) is 27.6 Å². The van der Waals surface area contributed by atoms with Gasteiger partial charge >= 0.3 is 11.9 Å². The Morgan fingerprint density at radius 2 is 1.66 bits per heavy atom. The number of carboxylic acid groups (broad SMARTS) is 1. The number of aliphatic carboxylic acids is 1. The molecule has 0 spiro atoms. The van der Waals surface area contributed by atoms with Gasteiger partial charge in [-0.2, -0.15) is 0 Å². The van der Waals surface area contributed by atoms with Crippen molar-refractivity contribution in [2.45, 2.75) is 32.7 Å². The second-order valence-corrected chi connectivity index (χ2v) is 8.03. The molecule has 0 radical (unpaired) electrons. The topological polar surface area (TPSA) is 90.6 Å². The molecule has 2 atom stereocenters. The number of hydrogen-bond acceptors (Lipinski definition) is 5. The first kappa shape index (κ1) is 25.5. The maximum Gasteiger partial charge on any atom is 0.356 e. The maximum absolute atomic E-state index is 11.8. The molecule has 4 aromatic rings. The van der Waals surface area contributed by atoms with Gasteiger partial charge in [-0.25, -0.2) is 9.78 Å². The Labute approximate surface area is 205 Å². The lowest BCUT2D eigenvalue weighted by Crippen LogP contribution is -2.15. The van der Waals surface area contributed by atoms with E-state index < -0.39 is 11.9 Å². The molecule has 0 aliphatic rings. The summed E-state index contributed by atoms with van der Waals surface area (Å²) in [5.74, 6) is -0.825. The Morgan fingerprint density at radius 1 is 0.971 bits per heavy atom. The van der Waals surface area contributed by atoms with Crippen molar-refractivity contribution in [3.63, 3.8) is 0 Å². The van der Waals surface area contributed by atoms with Crippen LogP contribution < -0.4 is 4.74 Å². The zero-order valence-corrected chi connectivity index (χ0v) is 20.3. The molecule has 0 fully saturated rings. The van der Waals surface area contributed by atoms with Crippen molar-refractivity contribution in [3.8, 4) is 5.75 Å². The highest BCUT2D eigenvalue weighted by atomic mass is 16.5. The Hall–Kier alpha value is -4.13. The van der Waals surface area contributed by atoms with E-state index >= 15 is 0 Å². The summed E-state index contributed by atoms with van der Waals surface area (Å²) in [6.45, 7) is 5.87. The molecule has 1 unspecified atom stereocenters. The van der Waals surface area contributed by atoms with Crippen molar-refractivity contribution < 1.29 is 24.2 Å². The van der Waals surface area contributed by atoms with Crippen LogP contribution in [0.3, 0.4) is 0 Å². The van der Waals surface area contributed by atoms with Gasteiger partial charge in [0.15, 0.2) is 0 Å². The Bertz CT molecular complexity index is 1280. The number of benzene rings is 3. The van der Waals surface area contributed by atoms with Crippen LogP contribution in [-0.4, -0.2) is 40.3 Å². The molecule has 0 amide bonds. The lowest BCUT2D eigenvalue weighted by Gasteiger charge is -2.16. The molecule has 0 saturated carbocycles. The summed E-state index contributed by atoms with van der Waals surface area (Å²) in [6.07, 6.45) is 3.20. The van der Waals surface area contributed by atoms with Crippen molar-refractivity contribution in [1.29, 1.82) is 0 Å². The minimum atomic E-state index is -0.808. The number of ether oxygens (including phenoxy) is 2. The van der Waals surface area contributed by atoms with Crippen molar-refractivity contribution in [1.82, 2.24) is 9.55 Å². The molecule has 7 nitrogen and oxygen atoms in total. The second-order valence-electron chi connectivity index (χ2n) is 8.03. The van der Waals surface area contributed by atoms with E-state index in [1.165, 1.54) is 6.20 Å². The quantitative estimate of drug-likeness (QED) is 0.345. The number of aromatic nitrogens is 2. The average Bonchev–Trinajstić information content (AvgIpc) is 3.38. The van der Waals surface area contributed by atoms with Crippen molar-refractivity contribution in [2.75, 3.05) is 13.7 Å². The number of carboxylic acids is 1. The van der Waals surface area contributed by atoms with Crippen LogP contribution >= 0.6 is 0 Å². The summed E-state index contributed by atoms with van der Waals surface area (Å²) in [5.41, 5.74) is 2.42. The van der Waals surface area contributed by atoms with Crippen LogP contribution in [0.15, 0.2) is 79.3 Å². The van der Waals surface area contributed by atoms with Crippen LogP contribution in [-0.2, 0) is 9.53 Å². The van der Waals surface area contributed by atoms with E-state index in [9.17, 15) is 9.59 Å². The summed E-state index contributed by atoms with van der Waals surface area (Å²) in [4.78, 5) is 26.7. The SMILES string of the molecule is CCOC(=O)c1cncn1C(C)c1ccccc1.COc1ccc2cc([C@H](C)C(=O)O)ccc2c1. The number of hydrogen-bond donors (Lipinski definition) is 1. The summed E-state index contributed by atoms with van der Waals surface area (Å²) in [6, 6.07) is 21.5. The standard InChI is InChI=1S/C14H16N2O2.C14H14O3/c1-3-18-14(17)13-9-15-10-16(13)11(2)12-7-5-4-6-8-12;1-9(14(15)16)10-3-4-12-8-13(17-2)6-5-11(12)7-10/h4-11H,3H2,1-2H3;3-9H,1-2H3,(H,15,16)/t;9-/m.0/s1. The number of nitrogens with zero attached hydrogens (tertiary/aromatic N) is 2. The molecule has 1 aromatic heterocycles. The molecule has 0 aliphatic heterocycles. The van der Waals surface area contributed by atoms with Crippen molar-refractivity contribution >= 4 is 22.7 Å². The third-order valence-corrected chi connectivity index (χ3v) is 5.79. The van der Waals surface area contributed by atoms with Crippen LogP contribution in [0.2, 0.25) is 0 Å². The minimum Gasteiger partial charge on any atom is -0.497 e. The van der Waals surface area contributed by atoms with Gasteiger partial charge in [0.2, 0.25) is 0 Å². The summed E-state index contributed by atoms with van der Waals surface area (Å²) >= 11 is 0. The Morgan fingerprint density at radius 3 is 2.31 bits per heavy atom. The first-order valence-corrected chi connectivity index (χ1v) is 11.4. The number of methoxy groups -OCH3 is 1. The molecule has 1 heterocycles. The molecular formula is C28H30N2O5. The van der Waals surface area contributed by atoms with Gasteiger partial charge in [-0.15, -0.1) is 0 Å². The Kier molecular flexibility index (Phi) is 8.62. The highest BCUT2D eigenvalue weighted by Crippen LogP contribution is 2.25. The van der Waals surface area contributed by atoms with Gasteiger partial charge < -0.3 is 19.1 Å². The van der Waals surface area contributed by atoms with E-state index in [1.807, 2.05) is 78.2 Å². The van der Waals surface area contributed by atoms with Gasteiger partial charge in [0, 0.05) is 0 Å². The van der Waals surface area contributed by atoms with Gasteiger partial charge in [-0.1, -0.05) is 54.6 Å². The van der Waals surface area contributed by atoms with Crippen LogP contribution in [0.4, 0.5) is 0 Å². The minimum absolute atomic E-state index is 0.0492. The zero-order chi connectivity index (χ0) is 25.4. The molecule has 3 aromatic carbocycles. The lowest BCUT2D eigenvalue weighted by molar-refractivity contribution is -0.138. The van der Waals surface area contributed by atoms with E-state index in [1.54, 1.807) is 27.3 Å². The smallest absolute Gasteiger partial charge is 0.356 e. The first-order valence-electron chi connectivity index (χ1n) is 11.4. The number of imidazole rings is 1. The highest BCUT2D eigenvalue weighted by Gasteiger charge is 2.17. The van der Waals surface area contributed by atoms with Gasteiger partial charge in [-0.05, 0) is 54.8 Å². The molecule has 0 bridgehead atoms. The van der Waals surface area contributed by atoms with Gasteiger partial charge in [0.05, 0.1) is 38.2 Å². The largest absolute Gasteiger partial charge is 0.497 e. The number of esters is 1. The van der Waals surface area contributed by atoms with Crippen molar-refractivity contribution in [3.05, 3.63) is 96.1 Å².